The maximum Gasteiger partial charge on any atom is 0.267 e. The zero-order chi connectivity index (χ0) is 18.9. The summed E-state index contributed by atoms with van der Waals surface area (Å²) in [5.74, 6) is -0.284. The second kappa shape index (κ2) is 9.23. The normalized spacial score (nSPS) is 10.8. The molecular formula is C20H20FN3O2. The molecule has 2 rings (SSSR count). The van der Waals surface area contributed by atoms with Gasteiger partial charge in [0, 0.05) is 12.7 Å². The van der Waals surface area contributed by atoms with E-state index in [2.05, 4.69) is 10.6 Å². The van der Waals surface area contributed by atoms with Gasteiger partial charge in [-0.25, -0.2) is 4.39 Å². The van der Waals surface area contributed by atoms with Crippen LogP contribution in [0.2, 0.25) is 0 Å². The Morgan fingerprint density at radius 2 is 2.00 bits per heavy atom. The van der Waals surface area contributed by atoms with E-state index in [1.165, 1.54) is 25.4 Å². The first-order valence-electron chi connectivity index (χ1n) is 8.07. The van der Waals surface area contributed by atoms with Crippen molar-refractivity contribution in [2.24, 2.45) is 0 Å². The zero-order valence-corrected chi connectivity index (χ0v) is 14.7. The molecule has 5 nitrogen and oxygen atoms in total. The largest absolute Gasteiger partial charge is 0.495 e. The SMILES string of the molecule is COc1ccc(C)cc1NC(=O)/C(C#N)=C\NCCc1ccc(F)cc1. The van der Waals surface area contributed by atoms with E-state index in [1.54, 1.807) is 24.3 Å². The highest BCUT2D eigenvalue weighted by molar-refractivity contribution is 6.07. The van der Waals surface area contributed by atoms with Gasteiger partial charge in [0.1, 0.15) is 23.2 Å². The summed E-state index contributed by atoms with van der Waals surface area (Å²) in [6, 6.07) is 13.5. The van der Waals surface area contributed by atoms with Gasteiger partial charge in [0.15, 0.2) is 0 Å². The van der Waals surface area contributed by atoms with Gasteiger partial charge >= 0.3 is 0 Å². The number of nitriles is 1. The van der Waals surface area contributed by atoms with Gasteiger partial charge < -0.3 is 15.4 Å². The van der Waals surface area contributed by atoms with E-state index >= 15 is 0 Å². The molecule has 0 aliphatic rings. The van der Waals surface area contributed by atoms with Crippen molar-refractivity contribution >= 4 is 11.6 Å². The van der Waals surface area contributed by atoms with Gasteiger partial charge in [-0.2, -0.15) is 5.26 Å². The lowest BCUT2D eigenvalue weighted by Gasteiger charge is -2.10. The van der Waals surface area contributed by atoms with Crippen molar-refractivity contribution in [1.82, 2.24) is 5.32 Å². The number of carbonyl (C=O) groups excluding carboxylic acids is 1. The smallest absolute Gasteiger partial charge is 0.267 e. The lowest BCUT2D eigenvalue weighted by molar-refractivity contribution is -0.112. The number of hydrogen-bond acceptors (Lipinski definition) is 4. The van der Waals surface area contributed by atoms with E-state index < -0.39 is 5.91 Å². The number of hydrogen-bond donors (Lipinski definition) is 2. The number of halogens is 1. The molecule has 0 aliphatic heterocycles. The second-order valence-electron chi connectivity index (χ2n) is 5.66. The minimum atomic E-state index is -0.523. The maximum atomic E-state index is 12.9. The molecule has 0 aliphatic carbocycles. The van der Waals surface area contributed by atoms with E-state index in [4.69, 9.17) is 4.74 Å². The highest BCUT2D eigenvalue weighted by Gasteiger charge is 2.12. The Morgan fingerprint density at radius 1 is 1.27 bits per heavy atom. The van der Waals surface area contributed by atoms with Crippen LogP contribution in [0, 0.1) is 24.1 Å². The molecule has 0 atom stereocenters. The Hall–Kier alpha value is -3.33. The minimum Gasteiger partial charge on any atom is -0.495 e. The van der Waals surface area contributed by atoms with E-state index in [0.717, 1.165) is 11.1 Å². The van der Waals surface area contributed by atoms with Gasteiger partial charge in [-0.1, -0.05) is 18.2 Å². The van der Waals surface area contributed by atoms with Gasteiger partial charge in [0.2, 0.25) is 0 Å². The topological polar surface area (TPSA) is 74.1 Å². The van der Waals surface area contributed by atoms with Crippen molar-refractivity contribution in [2.45, 2.75) is 13.3 Å². The van der Waals surface area contributed by atoms with Crippen LogP contribution in [-0.4, -0.2) is 19.6 Å². The van der Waals surface area contributed by atoms with Crippen molar-refractivity contribution in [3.8, 4) is 11.8 Å². The van der Waals surface area contributed by atoms with Crippen LogP contribution in [0.3, 0.4) is 0 Å². The van der Waals surface area contributed by atoms with Crippen LogP contribution in [0.4, 0.5) is 10.1 Å². The molecule has 0 bridgehead atoms. The number of benzene rings is 2. The average Bonchev–Trinajstić information content (AvgIpc) is 2.63. The Labute approximate surface area is 152 Å². The van der Waals surface area contributed by atoms with Gasteiger partial charge in [0.25, 0.3) is 5.91 Å². The first-order valence-corrected chi connectivity index (χ1v) is 8.07. The summed E-state index contributed by atoms with van der Waals surface area (Å²) in [6.45, 7) is 2.41. The fraction of sp³-hybridized carbons (Fsp3) is 0.200. The molecule has 26 heavy (non-hydrogen) atoms. The number of nitrogens with zero attached hydrogens (tertiary/aromatic N) is 1. The quantitative estimate of drug-likeness (QED) is 0.455. The summed E-state index contributed by atoms with van der Waals surface area (Å²) < 4.78 is 18.1. The maximum absolute atomic E-state index is 12.9. The highest BCUT2D eigenvalue weighted by atomic mass is 19.1. The Bertz CT molecular complexity index is 839. The molecule has 0 fully saturated rings. The van der Waals surface area contributed by atoms with Crippen LogP contribution in [-0.2, 0) is 11.2 Å². The molecular weight excluding hydrogens is 333 g/mol. The van der Waals surface area contributed by atoms with Crippen LogP contribution < -0.4 is 15.4 Å². The first kappa shape index (κ1) is 19.0. The molecule has 0 radical (unpaired) electrons. The lowest BCUT2D eigenvalue weighted by Crippen LogP contribution is -2.18. The molecule has 0 heterocycles. The fourth-order valence-electron chi connectivity index (χ4n) is 2.30. The molecule has 134 valence electrons. The number of nitrogens with one attached hydrogen (secondary N) is 2. The average molecular weight is 353 g/mol. The van der Waals surface area contributed by atoms with Gasteiger partial charge in [0.05, 0.1) is 12.8 Å². The molecule has 2 aromatic rings. The van der Waals surface area contributed by atoms with Crippen molar-refractivity contribution in [2.75, 3.05) is 19.0 Å². The number of methoxy groups -OCH3 is 1. The lowest BCUT2D eigenvalue weighted by atomic mass is 10.1. The molecule has 2 N–H and O–H groups in total. The summed E-state index contributed by atoms with van der Waals surface area (Å²) in [5.41, 5.74) is 2.37. The summed E-state index contributed by atoms with van der Waals surface area (Å²) in [6.07, 6.45) is 2.02. The number of anilines is 1. The van der Waals surface area contributed by atoms with Gasteiger partial charge in [-0.05, 0) is 48.7 Å². The van der Waals surface area contributed by atoms with Crippen molar-refractivity contribution in [3.05, 3.63) is 71.2 Å². The van der Waals surface area contributed by atoms with Crippen molar-refractivity contribution < 1.29 is 13.9 Å². The molecule has 0 unspecified atom stereocenters. The first-order chi connectivity index (χ1) is 12.5. The molecule has 6 heteroatoms. The third-order valence-electron chi connectivity index (χ3n) is 3.69. The Morgan fingerprint density at radius 3 is 2.65 bits per heavy atom. The van der Waals surface area contributed by atoms with E-state index in [9.17, 15) is 14.4 Å². The third kappa shape index (κ3) is 5.35. The molecule has 0 aromatic heterocycles. The monoisotopic (exact) mass is 353 g/mol. The predicted molar refractivity (Wildman–Crippen MR) is 98.2 cm³/mol. The molecule has 1 amide bonds. The summed E-state index contributed by atoms with van der Waals surface area (Å²) in [4.78, 5) is 12.3. The molecule has 0 spiro atoms. The minimum absolute atomic E-state index is 0.0485. The Balaban J connectivity index is 1.95. The van der Waals surface area contributed by atoms with Crippen LogP contribution >= 0.6 is 0 Å². The number of carbonyl (C=O) groups is 1. The number of rotatable bonds is 7. The highest BCUT2D eigenvalue weighted by Crippen LogP contribution is 2.25. The molecule has 0 saturated carbocycles. The summed E-state index contributed by atoms with van der Waals surface area (Å²) >= 11 is 0. The van der Waals surface area contributed by atoms with Crippen LogP contribution in [0.1, 0.15) is 11.1 Å². The standard InChI is InChI=1S/C20H20FN3O2/c1-14-3-8-19(26-2)18(11-14)24-20(25)16(12-22)13-23-10-9-15-4-6-17(21)7-5-15/h3-8,11,13,23H,9-10H2,1-2H3,(H,24,25)/b16-13-. The van der Waals surface area contributed by atoms with Gasteiger partial charge in [-0.3, -0.25) is 4.79 Å². The predicted octanol–water partition coefficient (Wildman–Crippen LogP) is 3.32. The van der Waals surface area contributed by atoms with Gasteiger partial charge in [-0.15, -0.1) is 0 Å². The number of amides is 1. The molecule has 0 saturated heterocycles. The number of aryl methyl sites for hydroxylation is 1. The van der Waals surface area contributed by atoms with Crippen LogP contribution in [0.5, 0.6) is 5.75 Å². The van der Waals surface area contributed by atoms with Crippen molar-refractivity contribution in [1.29, 1.82) is 5.26 Å². The van der Waals surface area contributed by atoms with E-state index in [1.807, 2.05) is 19.1 Å². The molecule has 2 aromatic carbocycles. The van der Waals surface area contributed by atoms with Crippen LogP contribution in [0.25, 0.3) is 0 Å². The van der Waals surface area contributed by atoms with E-state index in [-0.39, 0.29) is 11.4 Å². The zero-order valence-electron chi connectivity index (χ0n) is 14.7. The van der Waals surface area contributed by atoms with Crippen molar-refractivity contribution in [3.63, 3.8) is 0 Å². The fourth-order valence-corrected chi connectivity index (χ4v) is 2.30. The third-order valence-corrected chi connectivity index (χ3v) is 3.69. The second-order valence-corrected chi connectivity index (χ2v) is 5.66. The Kier molecular flexibility index (Phi) is 6.75. The summed E-state index contributed by atoms with van der Waals surface area (Å²) in [7, 11) is 1.51. The van der Waals surface area contributed by atoms with Crippen LogP contribution in [0.15, 0.2) is 54.2 Å². The number of ether oxygens (including phenoxy) is 1. The summed E-state index contributed by atoms with van der Waals surface area (Å²) in [5, 5.41) is 14.8. The van der Waals surface area contributed by atoms with E-state index in [0.29, 0.717) is 24.4 Å².